The van der Waals surface area contributed by atoms with Crippen LogP contribution < -0.4 is 10.5 Å². The molecule has 0 spiro atoms. The smallest absolute Gasteiger partial charge is 0.268 e. The third-order valence-electron chi connectivity index (χ3n) is 4.96. The number of fused-ring (bicyclic) bond motifs is 1. The molecule has 8 heteroatoms. The van der Waals surface area contributed by atoms with Crippen LogP contribution in [0.5, 0.6) is 0 Å². The summed E-state index contributed by atoms with van der Waals surface area (Å²) in [5.74, 6) is 0. The zero-order valence-electron chi connectivity index (χ0n) is 15.3. The summed E-state index contributed by atoms with van der Waals surface area (Å²) in [4.78, 5) is 21.7. The molecular formula is C19H21N3O3S2. The van der Waals surface area contributed by atoms with Crippen LogP contribution in [0.4, 0.5) is 5.00 Å². The van der Waals surface area contributed by atoms with Crippen LogP contribution in [0.25, 0.3) is 10.2 Å². The Labute approximate surface area is 161 Å². The van der Waals surface area contributed by atoms with Crippen molar-refractivity contribution >= 4 is 36.4 Å². The Hall–Kier alpha value is -2.19. The second kappa shape index (κ2) is 6.76. The summed E-state index contributed by atoms with van der Waals surface area (Å²) in [5.41, 5.74) is 1.54. The molecule has 3 heterocycles. The molecule has 1 aliphatic heterocycles. The third-order valence-corrected chi connectivity index (χ3v) is 8.27. The van der Waals surface area contributed by atoms with Gasteiger partial charge < -0.3 is 9.88 Å². The summed E-state index contributed by atoms with van der Waals surface area (Å²) in [6, 6.07) is 5.41. The van der Waals surface area contributed by atoms with E-state index in [0.29, 0.717) is 15.3 Å². The molecule has 3 aromatic rings. The lowest BCUT2D eigenvalue weighted by Gasteiger charge is -2.28. The van der Waals surface area contributed by atoms with Crippen LogP contribution in [0.1, 0.15) is 30.4 Å². The quantitative estimate of drug-likeness (QED) is 0.724. The lowest BCUT2D eigenvalue weighted by molar-refractivity contribution is 0.574. The van der Waals surface area contributed by atoms with Crippen molar-refractivity contribution in [3.63, 3.8) is 0 Å². The summed E-state index contributed by atoms with van der Waals surface area (Å²) in [5, 5.41) is 0.634. The van der Waals surface area contributed by atoms with Gasteiger partial charge in [0, 0.05) is 13.1 Å². The topological polar surface area (TPSA) is 83.1 Å². The minimum Gasteiger partial charge on any atom is -0.362 e. The molecule has 142 valence electrons. The zero-order valence-corrected chi connectivity index (χ0v) is 16.9. The average molecular weight is 404 g/mol. The van der Waals surface area contributed by atoms with Crippen LogP contribution in [-0.2, 0) is 9.84 Å². The first-order valence-corrected chi connectivity index (χ1v) is 11.3. The van der Waals surface area contributed by atoms with Gasteiger partial charge >= 0.3 is 0 Å². The molecular weight excluding hydrogens is 382 g/mol. The number of piperidine rings is 1. The first-order chi connectivity index (χ1) is 12.9. The van der Waals surface area contributed by atoms with E-state index in [4.69, 9.17) is 0 Å². The highest BCUT2D eigenvalue weighted by Gasteiger charge is 2.32. The van der Waals surface area contributed by atoms with Gasteiger partial charge in [-0.05, 0) is 50.3 Å². The monoisotopic (exact) mass is 403 g/mol. The Morgan fingerprint density at radius 1 is 1.15 bits per heavy atom. The van der Waals surface area contributed by atoms with Gasteiger partial charge in [0.25, 0.3) is 5.56 Å². The SMILES string of the molecule is Cc1ccc(C)c(S(=O)(=O)c2c(N3CCCCC3)sc3c(=O)[nH]cnc23)c1. The number of H-pyrrole nitrogens is 1. The van der Waals surface area contributed by atoms with Crippen molar-refractivity contribution in [2.45, 2.75) is 42.9 Å². The molecule has 1 fully saturated rings. The van der Waals surface area contributed by atoms with Crippen molar-refractivity contribution < 1.29 is 8.42 Å². The first kappa shape index (κ1) is 18.2. The Balaban J connectivity index is 2.03. The van der Waals surface area contributed by atoms with Gasteiger partial charge in [0.1, 0.15) is 20.1 Å². The van der Waals surface area contributed by atoms with E-state index in [2.05, 4.69) is 14.9 Å². The second-order valence-electron chi connectivity index (χ2n) is 6.97. The molecule has 1 N–H and O–H groups in total. The standard InChI is InChI=1S/C19H21N3O3S2/c1-12-6-7-13(2)14(10-12)27(24,25)17-15-16(18(23)21-11-20-15)26-19(17)22-8-4-3-5-9-22/h6-7,10-11H,3-5,8-9H2,1-2H3,(H,20,21,23). The largest absolute Gasteiger partial charge is 0.362 e. The predicted molar refractivity (Wildman–Crippen MR) is 108 cm³/mol. The van der Waals surface area contributed by atoms with Gasteiger partial charge in [-0.15, -0.1) is 11.3 Å². The average Bonchev–Trinajstić information content (AvgIpc) is 3.06. The molecule has 0 amide bonds. The molecule has 27 heavy (non-hydrogen) atoms. The van der Waals surface area contributed by atoms with E-state index < -0.39 is 9.84 Å². The van der Waals surface area contributed by atoms with Gasteiger partial charge in [-0.1, -0.05) is 12.1 Å². The van der Waals surface area contributed by atoms with Crippen molar-refractivity contribution in [2.24, 2.45) is 0 Å². The van der Waals surface area contributed by atoms with Gasteiger partial charge in [0.15, 0.2) is 0 Å². The number of sulfone groups is 1. The number of aryl methyl sites for hydroxylation is 2. The lowest BCUT2D eigenvalue weighted by Crippen LogP contribution is -2.29. The fourth-order valence-corrected chi connectivity index (χ4v) is 6.98. The number of aromatic amines is 1. The zero-order chi connectivity index (χ0) is 19.2. The van der Waals surface area contributed by atoms with Crippen molar-refractivity contribution in [3.05, 3.63) is 46.0 Å². The summed E-state index contributed by atoms with van der Waals surface area (Å²) in [6.45, 7) is 5.25. The molecule has 0 aliphatic carbocycles. The van der Waals surface area contributed by atoms with Crippen molar-refractivity contribution in [3.8, 4) is 0 Å². The van der Waals surface area contributed by atoms with Gasteiger partial charge in [0.05, 0.1) is 11.2 Å². The third kappa shape index (κ3) is 3.06. The van der Waals surface area contributed by atoms with Gasteiger partial charge in [-0.25, -0.2) is 13.4 Å². The number of rotatable bonds is 3. The van der Waals surface area contributed by atoms with Crippen LogP contribution in [0.3, 0.4) is 0 Å². The normalized spacial score (nSPS) is 15.4. The van der Waals surface area contributed by atoms with Crippen LogP contribution in [0, 0.1) is 13.8 Å². The van der Waals surface area contributed by atoms with E-state index in [1.807, 2.05) is 19.1 Å². The van der Waals surface area contributed by atoms with Crippen molar-refractivity contribution in [1.82, 2.24) is 9.97 Å². The van der Waals surface area contributed by atoms with Gasteiger partial charge in [0.2, 0.25) is 9.84 Å². The van der Waals surface area contributed by atoms with Crippen molar-refractivity contribution in [1.29, 1.82) is 0 Å². The summed E-state index contributed by atoms with van der Waals surface area (Å²) >= 11 is 1.23. The number of benzene rings is 1. The lowest BCUT2D eigenvalue weighted by atomic mass is 10.1. The molecule has 0 atom stereocenters. The maximum Gasteiger partial charge on any atom is 0.268 e. The number of nitrogens with one attached hydrogen (secondary N) is 1. The van der Waals surface area contributed by atoms with E-state index >= 15 is 0 Å². The minimum absolute atomic E-state index is 0.171. The second-order valence-corrected chi connectivity index (χ2v) is 9.82. The Morgan fingerprint density at radius 3 is 2.63 bits per heavy atom. The first-order valence-electron chi connectivity index (χ1n) is 8.97. The molecule has 0 bridgehead atoms. The van der Waals surface area contributed by atoms with E-state index in [1.165, 1.54) is 17.7 Å². The number of thiophene rings is 1. The fraction of sp³-hybridized carbons (Fsp3) is 0.368. The highest BCUT2D eigenvalue weighted by molar-refractivity contribution is 7.92. The predicted octanol–water partition coefficient (Wildman–Crippen LogP) is 3.42. The highest BCUT2D eigenvalue weighted by atomic mass is 32.2. The van der Waals surface area contributed by atoms with Gasteiger partial charge in [-0.2, -0.15) is 0 Å². The van der Waals surface area contributed by atoms with Crippen LogP contribution in [0.15, 0.2) is 39.1 Å². The Bertz CT molecular complexity index is 1170. The molecule has 1 aliphatic rings. The number of nitrogens with zero attached hydrogens (tertiary/aromatic N) is 2. The highest BCUT2D eigenvalue weighted by Crippen LogP contribution is 2.42. The number of hydrogen-bond donors (Lipinski definition) is 1. The van der Waals surface area contributed by atoms with Crippen molar-refractivity contribution in [2.75, 3.05) is 18.0 Å². The number of anilines is 1. The molecule has 1 saturated heterocycles. The number of aromatic nitrogens is 2. The maximum absolute atomic E-state index is 13.7. The van der Waals surface area contributed by atoms with Crippen LogP contribution >= 0.6 is 11.3 Å². The summed E-state index contributed by atoms with van der Waals surface area (Å²) in [7, 11) is -3.82. The molecule has 6 nitrogen and oxygen atoms in total. The molecule has 1 aromatic carbocycles. The molecule has 0 saturated carbocycles. The molecule has 0 radical (unpaired) electrons. The Morgan fingerprint density at radius 2 is 1.89 bits per heavy atom. The maximum atomic E-state index is 13.7. The minimum atomic E-state index is -3.82. The van der Waals surface area contributed by atoms with Gasteiger partial charge in [-0.3, -0.25) is 4.79 Å². The fourth-order valence-electron chi connectivity index (χ4n) is 3.54. The van der Waals surface area contributed by atoms with Crippen LogP contribution in [0.2, 0.25) is 0 Å². The van der Waals surface area contributed by atoms with E-state index in [-0.39, 0.29) is 20.9 Å². The van der Waals surface area contributed by atoms with E-state index in [1.54, 1.807) is 13.0 Å². The van der Waals surface area contributed by atoms with E-state index in [0.717, 1.165) is 37.9 Å². The Kier molecular flexibility index (Phi) is 4.55. The molecule has 0 unspecified atom stereocenters. The summed E-state index contributed by atoms with van der Waals surface area (Å²) < 4.78 is 27.7. The summed E-state index contributed by atoms with van der Waals surface area (Å²) in [6.07, 6.45) is 4.45. The van der Waals surface area contributed by atoms with E-state index in [9.17, 15) is 13.2 Å². The van der Waals surface area contributed by atoms with Crippen LogP contribution in [-0.4, -0.2) is 31.5 Å². The molecule has 4 rings (SSSR count). The number of hydrogen-bond acceptors (Lipinski definition) is 6. The molecule has 2 aromatic heterocycles.